The summed E-state index contributed by atoms with van der Waals surface area (Å²) in [6.45, 7) is 9.15. The maximum Gasteiger partial charge on any atom is 0.241 e. The largest absolute Gasteiger partial charge is 0.376 e. The van der Waals surface area contributed by atoms with E-state index in [9.17, 15) is 4.79 Å². The van der Waals surface area contributed by atoms with Gasteiger partial charge < -0.3 is 15.1 Å². The van der Waals surface area contributed by atoms with Crippen molar-refractivity contribution in [3.63, 3.8) is 0 Å². The summed E-state index contributed by atoms with van der Waals surface area (Å²) in [5.74, 6) is 0.162. The molecule has 1 aliphatic heterocycles. The van der Waals surface area contributed by atoms with Crippen molar-refractivity contribution in [1.82, 2.24) is 9.80 Å². The van der Waals surface area contributed by atoms with Crippen LogP contribution < -0.4 is 5.32 Å². The van der Waals surface area contributed by atoms with Gasteiger partial charge in [0.05, 0.1) is 6.54 Å². The zero-order chi connectivity index (χ0) is 14.5. The highest BCUT2D eigenvalue weighted by Gasteiger charge is 2.19. The van der Waals surface area contributed by atoms with Crippen LogP contribution in [0, 0.1) is 6.92 Å². The minimum Gasteiger partial charge on any atom is -0.376 e. The highest BCUT2D eigenvalue weighted by atomic mass is 35.5. The molecule has 20 heavy (non-hydrogen) atoms. The first-order valence-corrected chi connectivity index (χ1v) is 7.48. The monoisotopic (exact) mass is 295 g/mol. The summed E-state index contributed by atoms with van der Waals surface area (Å²) in [6, 6.07) is 5.65. The predicted octanol–water partition coefficient (Wildman–Crippen LogP) is 2.22. The Morgan fingerprint density at radius 2 is 2.00 bits per heavy atom. The molecule has 0 unspecified atom stereocenters. The van der Waals surface area contributed by atoms with Crippen LogP contribution in [-0.4, -0.2) is 55.0 Å². The highest BCUT2D eigenvalue weighted by molar-refractivity contribution is 6.30. The Morgan fingerprint density at radius 1 is 1.30 bits per heavy atom. The first-order chi connectivity index (χ1) is 9.60. The molecule has 2 rings (SSSR count). The van der Waals surface area contributed by atoms with Crippen LogP contribution in [0.15, 0.2) is 18.2 Å². The number of carbonyl (C=O) groups excluding carboxylic acids is 1. The lowest BCUT2D eigenvalue weighted by Gasteiger charge is -2.34. The number of nitrogens with one attached hydrogen (secondary N) is 1. The Labute approximate surface area is 125 Å². The Morgan fingerprint density at radius 3 is 2.60 bits per heavy atom. The molecule has 4 nitrogen and oxygen atoms in total. The van der Waals surface area contributed by atoms with Gasteiger partial charge in [0.25, 0.3) is 0 Å². The lowest BCUT2D eigenvalue weighted by Crippen LogP contribution is -2.49. The number of hydrogen-bond donors (Lipinski definition) is 1. The number of carbonyl (C=O) groups is 1. The summed E-state index contributed by atoms with van der Waals surface area (Å²) in [4.78, 5) is 16.5. The lowest BCUT2D eigenvalue weighted by molar-refractivity contribution is -0.131. The molecule has 1 aromatic carbocycles. The van der Waals surface area contributed by atoms with Crippen LogP contribution in [0.25, 0.3) is 0 Å². The molecule has 1 aliphatic rings. The molecule has 0 bridgehead atoms. The van der Waals surface area contributed by atoms with Crippen molar-refractivity contribution in [3.8, 4) is 0 Å². The molecule has 1 amide bonds. The minimum absolute atomic E-state index is 0.162. The molecule has 1 heterocycles. The summed E-state index contributed by atoms with van der Waals surface area (Å²) in [6.07, 6.45) is 0. The second-order valence-electron chi connectivity index (χ2n) is 5.13. The van der Waals surface area contributed by atoms with Gasteiger partial charge >= 0.3 is 0 Å². The number of rotatable bonds is 4. The second-order valence-corrected chi connectivity index (χ2v) is 5.56. The summed E-state index contributed by atoms with van der Waals surface area (Å²) in [7, 11) is 0. The molecule has 0 aromatic heterocycles. The van der Waals surface area contributed by atoms with Crippen molar-refractivity contribution in [2.24, 2.45) is 0 Å². The van der Waals surface area contributed by atoms with Crippen molar-refractivity contribution in [3.05, 3.63) is 28.8 Å². The van der Waals surface area contributed by atoms with Gasteiger partial charge in [0.2, 0.25) is 5.91 Å². The Hall–Kier alpha value is -1.26. The van der Waals surface area contributed by atoms with Crippen molar-refractivity contribution in [2.45, 2.75) is 13.8 Å². The molecule has 0 aliphatic carbocycles. The SMILES string of the molecule is CCN1CCN(C(=O)CNc2ccc(Cl)cc2C)CC1. The van der Waals surface area contributed by atoms with Gasteiger partial charge in [-0.3, -0.25) is 4.79 Å². The van der Waals surface area contributed by atoms with Gasteiger partial charge in [-0.1, -0.05) is 18.5 Å². The van der Waals surface area contributed by atoms with E-state index in [1.807, 2.05) is 30.0 Å². The van der Waals surface area contributed by atoms with Gasteiger partial charge in [-0.15, -0.1) is 0 Å². The lowest BCUT2D eigenvalue weighted by atomic mass is 10.2. The Bertz CT molecular complexity index is 470. The maximum absolute atomic E-state index is 12.2. The molecule has 0 radical (unpaired) electrons. The van der Waals surface area contributed by atoms with E-state index in [4.69, 9.17) is 11.6 Å². The van der Waals surface area contributed by atoms with Crippen LogP contribution >= 0.6 is 11.6 Å². The number of nitrogens with zero attached hydrogens (tertiary/aromatic N) is 2. The summed E-state index contributed by atoms with van der Waals surface area (Å²) in [5, 5.41) is 3.92. The number of piperazine rings is 1. The third kappa shape index (κ3) is 3.87. The fourth-order valence-corrected chi connectivity index (χ4v) is 2.65. The third-order valence-corrected chi connectivity index (χ3v) is 4.03. The molecule has 0 atom stereocenters. The van der Waals surface area contributed by atoms with E-state index in [2.05, 4.69) is 17.1 Å². The smallest absolute Gasteiger partial charge is 0.241 e. The van der Waals surface area contributed by atoms with E-state index in [0.29, 0.717) is 6.54 Å². The number of amides is 1. The van der Waals surface area contributed by atoms with Gasteiger partial charge in [0.1, 0.15) is 0 Å². The first kappa shape index (κ1) is 15.1. The van der Waals surface area contributed by atoms with Crippen LogP contribution in [0.2, 0.25) is 5.02 Å². The minimum atomic E-state index is 0.162. The predicted molar refractivity (Wildman–Crippen MR) is 83.4 cm³/mol. The molecule has 1 aromatic rings. The molecule has 5 heteroatoms. The zero-order valence-corrected chi connectivity index (χ0v) is 12.9. The van der Waals surface area contributed by atoms with Gasteiger partial charge in [-0.2, -0.15) is 0 Å². The average Bonchev–Trinajstić information content (AvgIpc) is 2.46. The molecule has 110 valence electrons. The Balaban J connectivity index is 1.83. The van der Waals surface area contributed by atoms with Crippen LogP contribution in [0.4, 0.5) is 5.69 Å². The van der Waals surface area contributed by atoms with Crippen molar-refractivity contribution >= 4 is 23.2 Å². The second kappa shape index (κ2) is 6.95. The van der Waals surface area contributed by atoms with Crippen molar-refractivity contribution in [2.75, 3.05) is 44.6 Å². The van der Waals surface area contributed by atoms with E-state index < -0.39 is 0 Å². The number of likely N-dealkylation sites (N-methyl/N-ethyl adjacent to an activating group) is 1. The van der Waals surface area contributed by atoms with E-state index in [1.165, 1.54) is 0 Å². The first-order valence-electron chi connectivity index (χ1n) is 7.10. The molecule has 1 saturated heterocycles. The van der Waals surface area contributed by atoms with Crippen molar-refractivity contribution in [1.29, 1.82) is 0 Å². The molecule has 0 saturated carbocycles. The number of anilines is 1. The van der Waals surface area contributed by atoms with Crippen LogP contribution in [0.5, 0.6) is 0 Å². The van der Waals surface area contributed by atoms with Crippen LogP contribution in [0.1, 0.15) is 12.5 Å². The summed E-state index contributed by atoms with van der Waals surface area (Å²) < 4.78 is 0. The van der Waals surface area contributed by atoms with Crippen LogP contribution in [0.3, 0.4) is 0 Å². The number of halogens is 1. The van der Waals surface area contributed by atoms with Crippen molar-refractivity contribution < 1.29 is 4.79 Å². The molecule has 1 N–H and O–H groups in total. The maximum atomic E-state index is 12.2. The number of hydrogen-bond acceptors (Lipinski definition) is 3. The summed E-state index contributed by atoms with van der Waals surface area (Å²) in [5.41, 5.74) is 2.02. The zero-order valence-electron chi connectivity index (χ0n) is 12.2. The van der Waals surface area contributed by atoms with E-state index in [1.54, 1.807) is 0 Å². The number of benzene rings is 1. The van der Waals surface area contributed by atoms with Gasteiger partial charge in [0.15, 0.2) is 0 Å². The standard InChI is InChI=1S/C15H22ClN3O/c1-3-18-6-8-19(9-7-18)15(20)11-17-14-5-4-13(16)10-12(14)2/h4-5,10,17H,3,6-9,11H2,1-2H3. The molecule has 1 fully saturated rings. The van der Waals surface area contributed by atoms with E-state index in [0.717, 1.165) is 49.0 Å². The normalized spacial score (nSPS) is 16.2. The van der Waals surface area contributed by atoms with Gasteiger partial charge in [-0.25, -0.2) is 0 Å². The fraction of sp³-hybridized carbons (Fsp3) is 0.533. The molecular formula is C15H22ClN3O. The topological polar surface area (TPSA) is 35.6 Å². The summed E-state index contributed by atoms with van der Waals surface area (Å²) >= 11 is 5.92. The highest BCUT2D eigenvalue weighted by Crippen LogP contribution is 2.19. The Kier molecular flexibility index (Phi) is 5.26. The third-order valence-electron chi connectivity index (χ3n) is 3.79. The molecular weight excluding hydrogens is 274 g/mol. The van der Waals surface area contributed by atoms with E-state index in [-0.39, 0.29) is 5.91 Å². The van der Waals surface area contributed by atoms with E-state index >= 15 is 0 Å². The molecule has 0 spiro atoms. The quantitative estimate of drug-likeness (QED) is 0.925. The van der Waals surface area contributed by atoms with Gasteiger partial charge in [-0.05, 0) is 37.2 Å². The average molecular weight is 296 g/mol. The fourth-order valence-electron chi connectivity index (χ4n) is 2.42. The van der Waals surface area contributed by atoms with Crippen LogP contribution in [-0.2, 0) is 4.79 Å². The van der Waals surface area contributed by atoms with Gasteiger partial charge in [0, 0.05) is 36.9 Å². The number of aryl methyl sites for hydroxylation is 1.